The van der Waals surface area contributed by atoms with E-state index in [0.717, 1.165) is 22.2 Å². The van der Waals surface area contributed by atoms with E-state index < -0.39 is 16.1 Å². The smallest absolute Gasteiger partial charge is 0.212 e. The van der Waals surface area contributed by atoms with Crippen molar-refractivity contribution in [2.24, 2.45) is 7.05 Å². The van der Waals surface area contributed by atoms with Gasteiger partial charge in [0, 0.05) is 36.3 Å². The monoisotopic (exact) mass is 388 g/mol. The molecule has 0 aliphatic carbocycles. The van der Waals surface area contributed by atoms with E-state index in [1.807, 2.05) is 54.2 Å². The lowest BCUT2D eigenvalue weighted by Gasteiger charge is -2.12. The van der Waals surface area contributed by atoms with E-state index in [-0.39, 0.29) is 12.3 Å². The number of nitrogens with one attached hydrogen (secondary N) is 1. The molecule has 0 amide bonds. The first-order valence-electron chi connectivity index (χ1n) is 8.72. The summed E-state index contributed by atoms with van der Waals surface area (Å²) in [5, 5.41) is 11.4. The molecular weight excluding hydrogens is 364 g/mol. The molecule has 0 aliphatic rings. The molecule has 1 heterocycles. The number of sulfonamides is 1. The van der Waals surface area contributed by atoms with E-state index in [0.29, 0.717) is 12.0 Å². The summed E-state index contributed by atoms with van der Waals surface area (Å²) in [6.45, 7) is -0.0566. The Bertz CT molecular complexity index is 1010. The number of ether oxygens (including phenoxy) is 1. The zero-order valence-corrected chi connectivity index (χ0v) is 16.2. The largest absolute Gasteiger partial charge is 0.497 e. The minimum absolute atomic E-state index is 0.0401. The maximum atomic E-state index is 12.3. The van der Waals surface area contributed by atoms with E-state index in [9.17, 15) is 13.5 Å². The van der Waals surface area contributed by atoms with Crippen molar-refractivity contribution in [2.75, 3.05) is 19.4 Å². The molecule has 2 aromatic carbocycles. The molecule has 3 rings (SSSR count). The molecule has 1 atom stereocenters. The van der Waals surface area contributed by atoms with Gasteiger partial charge in [-0.15, -0.1) is 0 Å². The van der Waals surface area contributed by atoms with Crippen molar-refractivity contribution in [3.05, 3.63) is 65.9 Å². The Balaban J connectivity index is 1.60. The number of methoxy groups -OCH3 is 1. The fraction of sp³-hybridized carbons (Fsp3) is 0.300. The fourth-order valence-corrected chi connectivity index (χ4v) is 4.13. The molecule has 0 fully saturated rings. The van der Waals surface area contributed by atoms with E-state index in [1.54, 1.807) is 19.2 Å². The summed E-state index contributed by atoms with van der Waals surface area (Å²) in [5.41, 5.74) is 2.62. The molecule has 0 bridgehead atoms. The highest BCUT2D eigenvalue weighted by Gasteiger charge is 2.18. The molecule has 3 aromatic rings. The fourth-order valence-electron chi connectivity index (χ4n) is 3.07. The number of aliphatic hydroxyl groups is 1. The molecule has 144 valence electrons. The Morgan fingerprint density at radius 1 is 1.15 bits per heavy atom. The zero-order valence-electron chi connectivity index (χ0n) is 15.4. The standard InChI is InChI=1S/C20H24N2O4S/c1-22-14-18(17-5-3-4-6-19(17)22)20(23)13-21-27(24,25)12-11-15-7-9-16(26-2)10-8-15/h3-10,14,20-21,23H,11-13H2,1-2H3/t20-/m0/s1. The number of hydrogen-bond donors (Lipinski definition) is 2. The van der Waals surface area contributed by atoms with Crippen LogP contribution in [0.1, 0.15) is 17.2 Å². The van der Waals surface area contributed by atoms with Gasteiger partial charge in [0.1, 0.15) is 5.75 Å². The number of aryl methyl sites for hydroxylation is 2. The van der Waals surface area contributed by atoms with Gasteiger partial charge in [-0.25, -0.2) is 13.1 Å². The van der Waals surface area contributed by atoms with Crippen LogP contribution in [-0.4, -0.2) is 37.5 Å². The number of aliphatic hydroxyl groups excluding tert-OH is 1. The minimum atomic E-state index is -3.49. The lowest BCUT2D eigenvalue weighted by Crippen LogP contribution is -2.31. The summed E-state index contributed by atoms with van der Waals surface area (Å²) >= 11 is 0. The maximum absolute atomic E-state index is 12.3. The quantitative estimate of drug-likeness (QED) is 0.621. The summed E-state index contributed by atoms with van der Waals surface area (Å²) in [6.07, 6.45) is 1.32. The van der Waals surface area contributed by atoms with E-state index >= 15 is 0 Å². The highest BCUT2D eigenvalue weighted by molar-refractivity contribution is 7.89. The van der Waals surface area contributed by atoms with Crippen LogP contribution >= 0.6 is 0 Å². The van der Waals surface area contributed by atoms with Crippen molar-refractivity contribution in [3.63, 3.8) is 0 Å². The lowest BCUT2D eigenvalue weighted by molar-refractivity contribution is 0.183. The van der Waals surface area contributed by atoms with Gasteiger partial charge in [-0.1, -0.05) is 30.3 Å². The average molecular weight is 388 g/mol. The Kier molecular flexibility index (Phi) is 5.84. The number of rotatable bonds is 8. The Hall–Kier alpha value is -2.35. The third-order valence-corrected chi connectivity index (χ3v) is 5.95. The van der Waals surface area contributed by atoms with Crippen molar-refractivity contribution < 1.29 is 18.3 Å². The second-order valence-corrected chi connectivity index (χ2v) is 8.42. The highest BCUT2D eigenvalue weighted by atomic mass is 32.2. The number of fused-ring (bicyclic) bond motifs is 1. The predicted molar refractivity (Wildman–Crippen MR) is 106 cm³/mol. The molecule has 0 saturated heterocycles. The maximum Gasteiger partial charge on any atom is 0.212 e. The molecule has 0 saturated carbocycles. The molecule has 7 heteroatoms. The van der Waals surface area contributed by atoms with Crippen LogP contribution in [0.3, 0.4) is 0 Å². The molecule has 1 aromatic heterocycles. The molecule has 2 N–H and O–H groups in total. The third kappa shape index (κ3) is 4.68. The van der Waals surface area contributed by atoms with Gasteiger partial charge >= 0.3 is 0 Å². The number of para-hydroxylation sites is 1. The second-order valence-electron chi connectivity index (χ2n) is 6.49. The van der Waals surface area contributed by atoms with Gasteiger partial charge in [0.05, 0.1) is 19.0 Å². The zero-order chi connectivity index (χ0) is 19.4. The molecular formula is C20H24N2O4S. The van der Waals surface area contributed by atoms with Gasteiger partial charge in [-0.2, -0.15) is 0 Å². The Labute approximate surface area is 159 Å². The van der Waals surface area contributed by atoms with Crippen LogP contribution in [0.4, 0.5) is 0 Å². The van der Waals surface area contributed by atoms with Gasteiger partial charge in [-0.05, 0) is 30.2 Å². The Morgan fingerprint density at radius 2 is 1.85 bits per heavy atom. The summed E-state index contributed by atoms with van der Waals surface area (Å²) < 4.78 is 34.1. The third-order valence-electron chi connectivity index (χ3n) is 4.60. The van der Waals surface area contributed by atoms with Crippen LogP contribution in [0.2, 0.25) is 0 Å². The SMILES string of the molecule is COc1ccc(CCS(=O)(=O)NC[C@H](O)c2cn(C)c3ccccc23)cc1. The molecule has 0 spiro atoms. The van der Waals surface area contributed by atoms with E-state index in [1.165, 1.54) is 0 Å². The van der Waals surface area contributed by atoms with Gasteiger partial charge < -0.3 is 14.4 Å². The molecule has 27 heavy (non-hydrogen) atoms. The summed E-state index contributed by atoms with van der Waals surface area (Å²) in [7, 11) is -0.00474. The Morgan fingerprint density at radius 3 is 2.56 bits per heavy atom. The first-order valence-corrected chi connectivity index (χ1v) is 10.4. The van der Waals surface area contributed by atoms with Crippen molar-refractivity contribution in [2.45, 2.75) is 12.5 Å². The van der Waals surface area contributed by atoms with Crippen molar-refractivity contribution in [1.82, 2.24) is 9.29 Å². The second kappa shape index (κ2) is 8.12. The van der Waals surface area contributed by atoms with E-state index in [4.69, 9.17) is 4.74 Å². The molecule has 0 radical (unpaired) electrons. The number of benzene rings is 2. The van der Waals surface area contributed by atoms with Crippen LogP contribution in [0.25, 0.3) is 10.9 Å². The van der Waals surface area contributed by atoms with Crippen LogP contribution in [0.5, 0.6) is 5.75 Å². The van der Waals surface area contributed by atoms with Crippen molar-refractivity contribution in [1.29, 1.82) is 0 Å². The number of hydrogen-bond acceptors (Lipinski definition) is 4. The van der Waals surface area contributed by atoms with Gasteiger partial charge in [0.2, 0.25) is 10.0 Å². The van der Waals surface area contributed by atoms with Crippen molar-refractivity contribution in [3.8, 4) is 5.75 Å². The first kappa shape index (κ1) is 19.4. The normalized spacial score (nSPS) is 13.0. The van der Waals surface area contributed by atoms with Crippen LogP contribution in [0.15, 0.2) is 54.7 Å². The highest BCUT2D eigenvalue weighted by Crippen LogP contribution is 2.25. The number of nitrogens with zero attached hydrogens (tertiary/aromatic N) is 1. The predicted octanol–water partition coefficient (Wildman–Crippen LogP) is 2.38. The first-order chi connectivity index (χ1) is 12.9. The summed E-state index contributed by atoms with van der Waals surface area (Å²) in [6, 6.07) is 15.0. The summed E-state index contributed by atoms with van der Waals surface area (Å²) in [5.74, 6) is 0.694. The van der Waals surface area contributed by atoms with Gasteiger partial charge in [0.25, 0.3) is 0 Å². The molecule has 0 unspecified atom stereocenters. The summed E-state index contributed by atoms with van der Waals surface area (Å²) in [4.78, 5) is 0. The van der Waals surface area contributed by atoms with Gasteiger partial charge in [-0.3, -0.25) is 0 Å². The van der Waals surface area contributed by atoms with Crippen LogP contribution in [0, 0.1) is 0 Å². The average Bonchev–Trinajstić information content (AvgIpc) is 3.02. The topological polar surface area (TPSA) is 80.6 Å². The molecule has 0 aliphatic heterocycles. The van der Waals surface area contributed by atoms with Crippen LogP contribution in [-0.2, 0) is 23.5 Å². The van der Waals surface area contributed by atoms with Crippen molar-refractivity contribution >= 4 is 20.9 Å². The van der Waals surface area contributed by atoms with Crippen LogP contribution < -0.4 is 9.46 Å². The van der Waals surface area contributed by atoms with E-state index in [2.05, 4.69) is 4.72 Å². The minimum Gasteiger partial charge on any atom is -0.497 e. The molecule has 6 nitrogen and oxygen atoms in total. The van der Waals surface area contributed by atoms with Gasteiger partial charge in [0.15, 0.2) is 0 Å². The number of aromatic nitrogens is 1. The lowest BCUT2D eigenvalue weighted by atomic mass is 10.1.